The predicted octanol–water partition coefficient (Wildman–Crippen LogP) is 3.40. The number of rotatable bonds is 9. The average Bonchev–Trinajstić information content (AvgIpc) is 3.29. The van der Waals surface area contributed by atoms with E-state index in [1.807, 2.05) is 43.3 Å². The molecule has 0 fully saturated rings. The van der Waals surface area contributed by atoms with E-state index in [9.17, 15) is 4.79 Å². The Hall–Kier alpha value is -3.52. The molecule has 164 valence electrons. The van der Waals surface area contributed by atoms with Crippen molar-refractivity contribution in [3.8, 4) is 28.6 Å². The summed E-state index contributed by atoms with van der Waals surface area (Å²) in [5, 5.41) is 6.86. The molecule has 0 spiro atoms. The van der Waals surface area contributed by atoms with E-state index in [1.54, 1.807) is 45.6 Å². The first kappa shape index (κ1) is 22.2. The molecule has 0 saturated heterocycles. The summed E-state index contributed by atoms with van der Waals surface area (Å²) in [6.45, 7) is 0.393. The lowest BCUT2D eigenvalue weighted by molar-refractivity contribution is 0.0933. The average molecular weight is 425 g/mol. The third kappa shape index (κ3) is 5.16. The maximum Gasteiger partial charge on any atom is 0.273 e. The Labute approximate surface area is 181 Å². The molecule has 0 bridgehead atoms. The number of aromatic nitrogens is 1. The lowest BCUT2D eigenvalue weighted by Gasteiger charge is -2.25. The van der Waals surface area contributed by atoms with Crippen molar-refractivity contribution in [2.45, 2.75) is 6.04 Å². The number of carbonyl (C=O) groups is 1. The standard InChI is InChI=1S/C23H27N3O5/c1-26(2)20(15-7-6-8-16(11-15)28-3)14-24-23(27)19-13-22(31-25-19)18-12-17(29-4)9-10-21(18)30-5/h6-13,20H,14H2,1-5H3,(H,24,27). The molecule has 1 aromatic heterocycles. The molecule has 1 unspecified atom stereocenters. The molecule has 3 aromatic rings. The monoisotopic (exact) mass is 425 g/mol. The zero-order chi connectivity index (χ0) is 22.4. The summed E-state index contributed by atoms with van der Waals surface area (Å²) in [7, 11) is 8.69. The van der Waals surface area contributed by atoms with Crippen LogP contribution in [0.3, 0.4) is 0 Å². The molecule has 0 aliphatic carbocycles. The highest BCUT2D eigenvalue weighted by Crippen LogP contribution is 2.33. The molecule has 1 amide bonds. The van der Waals surface area contributed by atoms with Crippen molar-refractivity contribution in [3.05, 3.63) is 59.8 Å². The fraction of sp³-hybridized carbons (Fsp3) is 0.304. The molecule has 0 aliphatic heterocycles. The van der Waals surface area contributed by atoms with Crippen LogP contribution in [-0.4, -0.2) is 57.9 Å². The summed E-state index contributed by atoms with van der Waals surface area (Å²) in [6, 6.07) is 14.6. The first-order valence-electron chi connectivity index (χ1n) is 9.74. The van der Waals surface area contributed by atoms with Crippen molar-refractivity contribution in [2.75, 3.05) is 42.0 Å². The van der Waals surface area contributed by atoms with Gasteiger partial charge < -0.3 is 29.0 Å². The number of carbonyl (C=O) groups excluding carboxylic acids is 1. The summed E-state index contributed by atoms with van der Waals surface area (Å²) in [6.07, 6.45) is 0. The Kier molecular flexibility index (Phi) is 7.15. The largest absolute Gasteiger partial charge is 0.497 e. The maximum absolute atomic E-state index is 12.7. The molecule has 2 aromatic carbocycles. The molecule has 0 saturated carbocycles. The minimum absolute atomic E-state index is 0.0381. The van der Waals surface area contributed by atoms with Crippen molar-refractivity contribution >= 4 is 5.91 Å². The molecule has 3 rings (SSSR count). The molecule has 8 nitrogen and oxygen atoms in total. The number of amides is 1. The molecular formula is C23H27N3O5. The van der Waals surface area contributed by atoms with Gasteiger partial charge in [-0.3, -0.25) is 4.79 Å². The second-order valence-corrected chi connectivity index (χ2v) is 7.11. The molecule has 8 heteroatoms. The van der Waals surface area contributed by atoms with E-state index in [-0.39, 0.29) is 17.6 Å². The van der Waals surface area contributed by atoms with Crippen LogP contribution in [0.5, 0.6) is 17.2 Å². The van der Waals surface area contributed by atoms with Crippen molar-refractivity contribution in [2.24, 2.45) is 0 Å². The molecule has 0 radical (unpaired) electrons. The lowest BCUT2D eigenvalue weighted by Crippen LogP contribution is -2.34. The van der Waals surface area contributed by atoms with Crippen LogP contribution in [0.2, 0.25) is 0 Å². The van der Waals surface area contributed by atoms with Gasteiger partial charge >= 0.3 is 0 Å². The Bertz CT molecular complexity index is 1030. The zero-order valence-electron chi connectivity index (χ0n) is 18.3. The summed E-state index contributed by atoms with van der Waals surface area (Å²) in [5.41, 5.74) is 1.87. The van der Waals surface area contributed by atoms with Gasteiger partial charge in [0.25, 0.3) is 5.91 Å². The topological polar surface area (TPSA) is 86.1 Å². The SMILES string of the molecule is COc1cccc(C(CNC(=O)c2cc(-c3cc(OC)ccc3OC)on2)N(C)C)c1. The fourth-order valence-corrected chi connectivity index (χ4v) is 3.24. The number of ether oxygens (including phenoxy) is 3. The molecule has 0 aliphatic rings. The Morgan fingerprint density at radius 3 is 2.45 bits per heavy atom. The van der Waals surface area contributed by atoms with Crippen LogP contribution < -0.4 is 19.5 Å². The van der Waals surface area contributed by atoms with E-state index < -0.39 is 0 Å². The van der Waals surface area contributed by atoms with Gasteiger partial charge in [0, 0.05) is 12.6 Å². The van der Waals surface area contributed by atoms with Crippen molar-refractivity contribution in [1.82, 2.24) is 15.4 Å². The number of hydrogen-bond acceptors (Lipinski definition) is 7. The number of likely N-dealkylation sites (N-methyl/N-ethyl adjacent to an activating group) is 1. The van der Waals surface area contributed by atoms with Gasteiger partial charge in [-0.15, -0.1) is 0 Å². The Balaban J connectivity index is 1.75. The van der Waals surface area contributed by atoms with Gasteiger partial charge in [-0.1, -0.05) is 17.3 Å². The van der Waals surface area contributed by atoms with Gasteiger partial charge in [-0.05, 0) is 50.0 Å². The quantitative estimate of drug-likeness (QED) is 0.562. The molecule has 1 N–H and O–H groups in total. The molecular weight excluding hydrogens is 398 g/mol. The van der Waals surface area contributed by atoms with E-state index in [0.29, 0.717) is 29.4 Å². The van der Waals surface area contributed by atoms with Gasteiger partial charge in [-0.25, -0.2) is 0 Å². The number of methoxy groups -OCH3 is 3. The summed E-state index contributed by atoms with van der Waals surface area (Å²) >= 11 is 0. The second-order valence-electron chi connectivity index (χ2n) is 7.11. The molecule has 31 heavy (non-hydrogen) atoms. The summed E-state index contributed by atoms with van der Waals surface area (Å²) in [5.74, 6) is 2.09. The van der Waals surface area contributed by atoms with Crippen molar-refractivity contribution in [1.29, 1.82) is 0 Å². The smallest absolute Gasteiger partial charge is 0.273 e. The maximum atomic E-state index is 12.7. The van der Waals surface area contributed by atoms with E-state index in [2.05, 4.69) is 10.5 Å². The van der Waals surface area contributed by atoms with Crippen LogP contribution in [-0.2, 0) is 0 Å². The third-order valence-corrected chi connectivity index (χ3v) is 4.97. The van der Waals surface area contributed by atoms with E-state index in [4.69, 9.17) is 18.7 Å². The van der Waals surface area contributed by atoms with Gasteiger partial charge in [0.2, 0.25) is 0 Å². The molecule has 1 heterocycles. The van der Waals surface area contributed by atoms with Gasteiger partial charge in [0.15, 0.2) is 11.5 Å². The van der Waals surface area contributed by atoms with Crippen LogP contribution in [0.4, 0.5) is 0 Å². The Morgan fingerprint density at radius 1 is 1.03 bits per heavy atom. The predicted molar refractivity (Wildman–Crippen MR) is 117 cm³/mol. The van der Waals surface area contributed by atoms with E-state index in [0.717, 1.165) is 11.3 Å². The lowest BCUT2D eigenvalue weighted by atomic mass is 10.1. The van der Waals surface area contributed by atoms with Gasteiger partial charge in [-0.2, -0.15) is 0 Å². The van der Waals surface area contributed by atoms with Crippen molar-refractivity contribution in [3.63, 3.8) is 0 Å². The first-order valence-corrected chi connectivity index (χ1v) is 9.74. The molecule has 1 atom stereocenters. The van der Waals surface area contributed by atoms with Crippen molar-refractivity contribution < 1.29 is 23.5 Å². The van der Waals surface area contributed by atoms with Crippen LogP contribution >= 0.6 is 0 Å². The number of benzene rings is 2. The fourth-order valence-electron chi connectivity index (χ4n) is 3.24. The third-order valence-electron chi connectivity index (χ3n) is 4.97. The van der Waals surface area contributed by atoms with Crippen LogP contribution in [0, 0.1) is 0 Å². The van der Waals surface area contributed by atoms with Crippen LogP contribution in [0.15, 0.2) is 53.1 Å². The summed E-state index contributed by atoms with van der Waals surface area (Å²) in [4.78, 5) is 14.7. The minimum Gasteiger partial charge on any atom is -0.497 e. The van der Waals surface area contributed by atoms with E-state index >= 15 is 0 Å². The highest BCUT2D eigenvalue weighted by molar-refractivity contribution is 5.93. The Morgan fingerprint density at radius 2 is 1.77 bits per heavy atom. The van der Waals surface area contributed by atoms with Gasteiger partial charge in [0.1, 0.15) is 17.2 Å². The van der Waals surface area contributed by atoms with E-state index in [1.165, 1.54) is 0 Å². The highest BCUT2D eigenvalue weighted by Gasteiger charge is 2.20. The summed E-state index contributed by atoms with van der Waals surface area (Å²) < 4.78 is 21.4. The number of hydrogen-bond donors (Lipinski definition) is 1. The number of nitrogens with one attached hydrogen (secondary N) is 1. The van der Waals surface area contributed by atoms with Gasteiger partial charge in [0.05, 0.1) is 32.9 Å². The second kappa shape index (κ2) is 9.99. The highest BCUT2D eigenvalue weighted by atomic mass is 16.5. The minimum atomic E-state index is -0.327. The first-order chi connectivity index (χ1) is 15.0. The van der Waals surface area contributed by atoms with Crippen LogP contribution in [0.1, 0.15) is 22.1 Å². The normalized spacial score (nSPS) is 11.8. The zero-order valence-corrected chi connectivity index (χ0v) is 18.3. The van der Waals surface area contributed by atoms with Crippen LogP contribution in [0.25, 0.3) is 11.3 Å². The number of nitrogens with zero attached hydrogens (tertiary/aromatic N) is 2.